The van der Waals surface area contributed by atoms with E-state index in [1.165, 1.54) is 0 Å². The molecule has 0 aliphatic carbocycles. The highest BCUT2D eigenvalue weighted by Gasteiger charge is 2.05. The summed E-state index contributed by atoms with van der Waals surface area (Å²) in [5.74, 6) is 0.106. The molecule has 1 aromatic rings. The Labute approximate surface area is 88.1 Å². The third-order valence-corrected chi connectivity index (χ3v) is 2.12. The van der Waals surface area contributed by atoms with E-state index in [-0.39, 0.29) is 5.76 Å². The molecule has 1 rings (SSSR count). The van der Waals surface area contributed by atoms with Gasteiger partial charge in [-0.25, -0.2) is 0 Å². The Bertz CT molecular complexity index is 387. The van der Waals surface area contributed by atoms with Crippen molar-refractivity contribution in [3.8, 4) is 6.07 Å². The zero-order valence-corrected chi connectivity index (χ0v) is 8.54. The summed E-state index contributed by atoms with van der Waals surface area (Å²) in [6.07, 6.45) is 0.450. The van der Waals surface area contributed by atoms with Gasteiger partial charge >= 0.3 is 0 Å². The van der Waals surface area contributed by atoms with Crippen molar-refractivity contribution in [1.29, 1.82) is 5.26 Å². The van der Waals surface area contributed by atoms with E-state index in [1.54, 1.807) is 31.2 Å². The molecule has 3 heteroatoms. The van der Waals surface area contributed by atoms with Gasteiger partial charge in [0, 0.05) is 11.4 Å². The molecule has 0 radical (unpaired) electrons. The second kappa shape index (κ2) is 4.69. The summed E-state index contributed by atoms with van der Waals surface area (Å²) in [5.41, 5.74) is 1.00. The SMILES string of the molecule is CC/C(O)=C(/C#N)c1ccc(Cl)cc1. The lowest BCUT2D eigenvalue weighted by molar-refractivity contribution is 0.398. The number of nitriles is 1. The van der Waals surface area contributed by atoms with Crippen molar-refractivity contribution in [1.82, 2.24) is 0 Å². The highest BCUT2D eigenvalue weighted by Crippen LogP contribution is 2.20. The molecule has 0 atom stereocenters. The minimum atomic E-state index is 0.106. The average molecular weight is 208 g/mol. The molecule has 2 nitrogen and oxygen atoms in total. The van der Waals surface area contributed by atoms with Crippen LogP contribution in [0.4, 0.5) is 0 Å². The number of aliphatic hydroxyl groups is 1. The van der Waals surface area contributed by atoms with Crippen LogP contribution >= 0.6 is 11.6 Å². The maximum Gasteiger partial charge on any atom is 0.110 e. The van der Waals surface area contributed by atoms with Crippen molar-refractivity contribution < 1.29 is 5.11 Å². The van der Waals surface area contributed by atoms with E-state index >= 15 is 0 Å². The maximum absolute atomic E-state index is 9.46. The summed E-state index contributed by atoms with van der Waals surface area (Å²) in [5, 5.41) is 18.9. The normalized spacial score (nSPS) is 11.8. The monoisotopic (exact) mass is 207 g/mol. The zero-order valence-electron chi connectivity index (χ0n) is 7.79. The molecule has 0 aromatic heterocycles. The van der Waals surface area contributed by atoms with Crippen LogP contribution in [0.5, 0.6) is 0 Å². The number of benzene rings is 1. The van der Waals surface area contributed by atoms with Crippen molar-refractivity contribution in [3.63, 3.8) is 0 Å². The number of aliphatic hydroxyl groups excluding tert-OH is 1. The Balaban J connectivity index is 3.16. The van der Waals surface area contributed by atoms with Gasteiger partial charge in [0.05, 0.1) is 5.57 Å². The van der Waals surface area contributed by atoms with Gasteiger partial charge in [-0.2, -0.15) is 5.26 Å². The highest BCUT2D eigenvalue weighted by atomic mass is 35.5. The summed E-state index contributed by atoms with van der Waals surface area (Å²) >= 11 is 5.71. The van der Waals surface area contributed by atoms with Gasteiger partial charge in [0.1, 0.15) is 11.8 Å². The molecule has 72 valence electrons. The molecule has 0 fully saturated rings. The van der Waals surface area contributed by atoms with E-state index in [0.717, 1.165) is 0 Å². The first-order chi connectivity index (χ1) is 6.69. The second-order valence-corrected chi connectivity index (χ2v) is 3.23. The number of hydrogen-bond acceptors (Lipinski definition) is 2. The minimum absolute atomic E-state index is 0.106. The Morgan fingerprint density at radius 3 is 2.43 bits per heavy atom. The van der Waals surface area contributed by atoms with Crippen LogP contribution in [0.15, 0.2) is 30.0 Å². The molecule has 0 saturated carbocycles. The van der Waals surface area contributed by atoms with Crippen LogP contribution < -0.4 is 0 Å². The van der Waals surface area contributed by atoms with Crippen molar-refractivity contribution in [2.75, 3.05) is 0 Å². The topological polar surface area (TPSA) is 44.0 Å². The minimum Gasteiger partial charge on any atom is -0.511 e. The molecule has 14 heavy (non-hydrogen) atoms. The molecule has 1 N–H and O–H groups in total. The molecule has 0 saturated heterocycles. The fraction of sp³-hybridized carbons (Fsp3) is 0.182. The Morgan fingerprint density at radius 1 is 1.43 bits per heavy atom. The molecule has 1 aromatic carbocycles. The van der Waals surface area contributed by atoms with E-state index in [9.17, 15) is 5.11 Å². The van der Waals surface area contributed by atoms with E-state index in [2.05, 4.69) is 0 Å². The van der Waals surface area contributed by atoms with Crippen LogP contribution in [0.2, 0.25) is 5.02 Å². The number of halogens is 1. The van der Waals surface area contributed by atoms with Gasteiger partial charge in [-0.3, -0.25) is 0 Å². The van der Waals surface area contributed by atoms with E-state index in [0.29, 0.717) is 22.6 Å². The molecule has 0 unspecified atom stereocenters. The molecule has 0 aliphatic heterocycles. The van der Waals surface area contributed by atoms with E-state index in [4.69, 9.17) is 16.9 Å². The molecule has 0 heterocycles. The van der Waals surface area contributed by atoms with Crippen LogP contribution in [0, 0.1) is 11.3 Å². The summed E-state index contributed by atoms with van der Waals surface area (Å²) in [4.78, 5) is 0. The Hall–Kier alpha value is -1.46. The van der Waals surface area contributed by atoms with Gasteiger partial charge in [-0.1, -0.05) is 30.7 Å². The third-order valence-electron chi connectivity index (χ3n) is 1.87. The second-order valence-electron chi connectivity index (χ2n) is 2.79. The first-order valence-corrected chi connectivity index (χ1v) is 4.65. The van der Waals surface area contributed by atoms with E-state index in [1.807, 2.05) is 6.07 Å². The molecular formula is C11H10ClNO. The highest BCUT2D eigenvalue weighted by molar-refractivity contribution is 6.30. The molecular weight excluding hydrogens is 198 g/mol. The Morgan fingerprint density at radius 2 is 2.00 bits per heavy atom. The number of rotatable bonds is 2. The van der Waals surface area contributed by atoms with Crippen LogP contribution in [-0.2, 0) is 0 Å². The van der Waals surface area contributed by atoms with Crippen molar-refractivity contribution in [3.05, 3.63) is 40.6 Å². The standard InChI is InChI=1S/C11H10ClNO/c1-2-11(14)10(7-13)8-3-5-9(12)6-4-8/h3-6,14H,2H2,1H3/b11-10+. The third kappa shape index (κ3) is 2.27. The van der Waals surface area contributed by atoms with Crippen LogP contribution in [0.25, 0.3) is 5.57 Å². The van der Waals surface area contributed by atoms with Gasteiger partial charge in [0.25, 0.3) is 0 Å². The summed E-state index contributed by atoms with van der Waals surface area (Å²) in [6, 6.07) is 8.79. The van der Waals surface area contributed by atoms with Gasteiger partial charge in [-0.15, -0.1) is 0 Å². The lowest BCUT2D eigenvalue weighted by Crippen LogP contribution is -1.88. The smallest absolute Gasteiger partial charge is 0.110 e. The first-order valence-electron chi connectivity index (χ1n) is 4.27. The number of nitrogens with zero attached hydrogens (tertiary/aromatic N) is 1. The fourth-order valence-electron chi connectivity index (χ4n) is 1.09. The predicted molar refractivity (Wildman–Crippen MR) is 56.9 cm³/mol. The lowest BCUT2D eigenvalue weighted by atomic mass is 10.1. The molecule has 0 spiro atoms. The van der Waals surface area contributed by atoms with Crippen LogP contribution in [0.3, 0.4) is 0 Å². The molecule has 0 amide bonds. The van der Waals surface area contributed by atoms with E-state index < -0.39 is 0 Å². The van der Waals surface area contributed by atoms with Crippen molar-refractivity contribution in [2.45, 2.75) is 13.3 Å². The van der Waals surface area contributed by atoms with Gasteiger partial charge in [0.2, 0.25) is 0 Å². The maximum atomic E-state index is 9.46. The Kier molecular flexibility index (Phi) is 3.55. The van der Waals surface area contributed by atoms with Crippen LogP contribution in [0.1, 0.15) is 18.9 Å². The first kappa shape index (κ1) is 10.6. The van der Waals surface area contributed by atoms with Gasteiger partial charge in [-0.05, 0) is 17.7 Å². The lowest BCUT2D eigenvalue weighted by Gasteiger charge is -2.01. The zero-order chi connectivity index (χ0) is 10.6. The summed E-state index contributed by atoms with van der Waals surface area (Å²) in [7, 11) is 0. The predicted octanol–water partition coefficient (Wildman–Crippen LogP) is 3.54. The van der Waals surface area contributed by atoms with Crippen LogP contribution in [-0.4, -0.2) is 5.11 Å². The van der Waals surface area contributed by atoms with Gasteiger partial charge < -0.3 is 5.11 Å². The van der Waals surface area contributed by atoms with Crippen molar-refractivity contribution in [2.24, 2.45) is 0 Å². The molecule has 0 aliphatic rings. The number of allylic oxidation sites excluding steroid dienone is 2. The summed E-state index contributed by atoms with van der Waals surface area (Å²) in [6.45, 7) is 1.79. The molecule has 0 bridgehead atoms. The quantitative estimate of drug-likeness (QED) is 0.596. The fourth-order valence-corrected chi connectivity index (χ4v) is 1.22. The van der Waals surface area contributed by atoms with Gasteiger partial charge in [0.15, 0.2) is 0 Å². The number of hydrogen-bond donors (Lipinski definition) is 1. The average Bonchev–Trinajstić information content (AvgIpc) is 2.21. The van der Waals surface area contributed by atoms with Crippen molar-refractivity contribution >= 4 is 17.2 Å². The summed E-state index contributed by atoms with van der Waals surface area (Å²) < 4.78 is 0. The largest absolute Gasteiger partial charge is 0.511 e.